The first-order valence-electron chi connectivity index (χ1n) is 6.13. The highest BCUT2D eigenvalue weighted by Gasteiger charge is 2.19. The number of aromatic nitrogens is 2. The number of halogens is 1. The number of nitrogens with one attached hydrogen (secondary N) is 1. The van der Waals surface area contributed by atoms with Crippen LogP contribution in [0.1, 0.15) is 39.9 Å². The minimum Gasteiger partial charge on any atom is -0.385 e. The summed E-state index contributed by atoms with van der Waals surface area (Å²) in [6.45, 7) is 9.01. The van der Waals surface area contributed by atoms with Crippen molar-refractivity contribution in [3.63, 3.8) is 0 Å². The predicted molar refractivity (Wildman–Crippen MR) is 75.3 cm³/mol. The fourth-order valence-corrected chi connectivity index (χ4v) is 1.63. The Morgan fingerprint density at radius 1 is 1.39 bits per heavy atom. The summed E-state index contributed by atoms with van der Waals surface area (Å²) in [5, 5.41) is 3.78. The quantitative estimate of drug-likeness (QED) is 0.835. The first-order valence-corrected chi connectivity index (χ1v) is 6.51. The SMILES string of the molecule is COCCC(C)Nc1cc(Cl)nc(C(C)(C)C)n1. The van der Waals surface area contributed by atoms with Gasteiger partial charge in [0.25, 0.3) is 0 Å². The molecule has 0 bridgehead atoms. The third-order valence-electron chi connectivity index (χ3n) is 2.51. The molecule has 1 aromatic heterocycles. The summed E-state index contributed by atoms with van der Waals surface area (Å²) < 4.78 is 5.05. The Labute approximate surface area is 114 Å². The van der Waals surface area contributed by atoms with Crippen molar-refractivity contribution in [3.05, 3.63) is 17.0 Å². The van der Waals surface area contributed by atoms with Gasteiger partial charge in [0.05, 0.1) is 0 Å². The van der Waals surface area contributed by atoms with Gasteiger partial charge in [-0.2, -0.15) is 0 Å². The number of rotatable bonds is 5. The van der Waals surface area contributed by atoms with Crippen LogP contribution in [0.2, 0.25) is 5.15 Å². The lowest BCUT2D eigenvalue weighted by Gasteiger charge is -2.19. The van der Waals surface area contributed by atoms with Gasteiger partial charge < -0.3 is 10.1 Å². The van der Waals surface area contributed by atoms with Crippen LogP contribution in [-0.2, 0) is 10.2 Å². The molecule has 1 rings (SSSR count). The monoisotopic (exact) mass is 271 g/mol. The highest BCUT2D eigenvalue weighted by molar-refractivity contribution is 6.29. The minimum absolute atomic E-state index is 0.114. The van der Waals surface area contributed by atoms with E-state index in [1.165, 1.54) is 0 Å². The Morgan fingerprint density at radius 3 is 2.61 bits per heavy atom. The number of hydrogen-bond acceptors (Lipinski definition) is 4. The van der Waals surface area contributed by atoms with Gasteiger partial charge in [0.2, 0.25) is 0 Å². The predicted octanol–water partition coefficient (Wildman–Crippen LogP) is 3.26. The molecule has 1 unspecified atom stereocenters. The molecule has 0 aliphatic carbocycles. The summed E-state index contributed by atoms with van der Waals surface area (Å²) in [5.41, 5.74) is -0.114. The summed E-state index contributed by atoms with van der Waals surface area (Å²) in [7, 11) is 1.70. The molecule has 1 aromatic rings. The fraction of sp³-hybridized carbons (Fsp3) is 0.692. The molecule has 0 saturated heterocycles. The van der Waals surface area contributed by atoms with Crippen molar-refractivity contribution in [3.8, 4) is 0 Å². The number of ether oxygens (including phenoxy) is 1. The van der Waals surface area contributed by atoms with Crippen molar-refractivity contribution < 1.29 is 4.74 Å². The highest BCUT2D eigenvalue weighted by atomic mass is 35.5. The van der Waals surface area contributed by atoms with E-state index in [4.69, 9.17) is 16.3 Å². The maximum Gasteiger partial charge on any atom is 0.137 e. The van der Waals surface area contributed by atoms with E-state index in [1.807, 2.05) is 0 Å². The summed E-state index contributed by atoms with van der Waals surface area (Å²) in [6, 6.07) is 2.03. The van der Waals surface area contributed by atoms with E-state index in [0.717, 1.165) is 24.7 Å². The summed E-state index contributed by atoms with van der Waals surface area (Å²) in [4.78, 5) is 8.77. The van der Waals surface area contributed by atoms with Crippen LogP contribution in [0, 0.1) is 0 Å². The van der Waals surface area contributed by atoms with E-state index in [0.29, 0.717) is 5.15 Å². The second-order valence-electron chi connectivity index (χ2n) is 5.48. The summed E-state index contributed by atoms with van der Waals surface area (Å²) in [5.74, 6) is 1.51. The molecular formula is C13H22ClN3O. The third kappa shape index (κ3) is 4.78. The standard InChI is InChI=1S/C13H22ClN3O/c1-9(6-7-18-5)15-11-8-10(14)16-12(17-11)13(2,3)4/h8-9H,6-7H2,1-5H3,(H,15,16,17). The van der Waals surface area contributed by atoms with Gasteiger partial charge in [-0.3, -0.25) is 0 Å². The van der Waals surface area contributed by atoms with Crippen LogP contribution in [0.5, 0.6) is 0 Å². The fourth-order valence-electron chi connectivity index (χ4n) is 1.45. The first kappa shape index (κ1) is 15.2. The number of nitrogens with zero attached hydrogens (tertiary/aromatic N) is 2. The second kappa shape index (κ2) is 6.34. The molecule has 1 N–H and O–H groups in total. The zero-order valence-electron chi connectivity index (χ0n) is 11.7. The molecule has 1 heterocycles. The lowest BCUT2D eigenvalue weighted by molar-refractivity contribution is 0.191. The molecule has 0 radical (unpaired) electrons. The van der Waals surface area contributed by atoms with E-state index >= 15 is 0 Å². The lowest BCUT2D eigenvalue weighted by Crippen LogP contribution is -2.21. The second-order valence-corrected chi connectivity index (χ2v) is 5.86. The van der Waals surface area contributed by atoms with E-state index < -0.39 is 0 Å². The number of hydrogen-bond donors (Lipinski definition) is 1. The largest absolute Gasteiger partial charge is 0.385 e. The van der Waals surface area contributed by atoms with Gasteiger partial charge in [0.1, 0.15) is 16.8 Å². The van der Waals surface area contributed by atoms with Crippen molar-refractivity contribution in [1.82, 2.24) is 9.97 Å². The van der Waals surface area contributed by atoms with E-state index in [1.54, 1.807) is 13.2 Å². The molecule has 0 fully saturated rings. The summed E-state index contributed by atoms with van der Waals surface area (Å²) in [6.07, 6.45) is 0.920. The smallest absolute Gasteiger partial charge is 0.137 e. The molecular weight excluding hydrogens is 250 g/mol. The number of methoxy groups -OCH3 is 1. The molecule has 4 nitrogen and oxygen atoms in total. The third-order valence-corrected chi connectivity index (χ3v) is 2.71. The number of anilines is 1. The molecule has 0 amide bonds. The van der Waals surface area contributed by atoms with Crippen molar-refractivity contribution >= 4 is 17.4 Å². The molecule has 1 atom stereocenters. The van der Waals surface area contributed by atoms with Crippen LogP contribution in [-0.4, -0.2) is 29.7 Å². The molecule has 0 aromatic carbocycles. The van der Waals surface area contributed by atoms with Gasteiger partial charge in [-0.25, -0.2) is 9.97 Å². The van der Waals surface area contributed by atoms with E-state index in [2.05, 4.69) is 43.0 Å². The van der Waals surface area contributed by atoms with Crippen LogP contribution in [0.15, 0.2) is 6.07 Å². The van der Waals surface area contributed by atoms with Gasteiger partial charge in [-0.15, -0.1) is 0 Å². The van der Waals surface area contributed by atoms with Crippen LogP contribution in [0.4, 0.5) is 5.82 Å². The topological polar surface area (TPSA) is 47.0 Å². The van der Waals surface area contributed by atoms with Crippen molar-refractivity contribution in [2.24, 2.45) is 0 Å². The van der Waals surface area contributed by atoms with Gasteiger partial charge >= 0.3 is 0 Å². The molecule has 0 spiro atoms. The Morgan fingerprint density at radius 2 is 2.06 bits per heavy atom. The van der Waals surface area contributed by atoms with Crippen LogP contribution < -0.4 is 5.32 Å². The van der Waals surface area contributed by atoms with Crippen molar-refractivity contribution in [2.75, 3.05) is 19.0 Å². The van der Waals surface area contributed by atoms with Gasteiger partial charge in [-0.1, -0.05) is 32.4 Å². The highest BCUT2D eigenvalue weighted by Crippen LogP contribution is 2.22. The normalized spacial score (nSPS) is 13.4. The molecule has 0 aliphatic heterocycles. The zero-order valence-corrected chi connectivity index (χ0v) is 12.5. The average molecular weight is 272 g/mol. The molecule has 102 valence electrons. The van der Waals surface area contributed by atoms with Crippen molar-refractivity contribution in [2.45, 2.75) is 45.6 Å². The van der Waals surface area contributed by atoms with Crippen molar-refractivity contribution in [1.29, 1.82) is 0 Å². The Hall–Kier alpha value is -0.870. The first-order chi connectivity index (χ1) is 8.32. The van der Waals surface area contributed by atoms with E-state index in [9.17, 15) is 0 Å². The molecule has 18 heavy (non-hydrogen) atoms. The Bertz CT molecular complexity index is 390. The molecule has 0 aliphatic rings. The lowest BCUT2D eigenvalue weighted by atomic mass is 9.96. The van der Waals surface area contributed by atoms with Gasteiger partial charge in [0, 0.05) is 31.2 Å². The average Bonchev–Trinajstić information content (AvgIpc) is 2.24. The Balaban J connectivity index is 2.80. The van der Waals surface area contributed by atoms with Gasteiger partial charge in [0.15, 0.2) is 0 Å². The van der Waals surface area contributed by atoms with Gasteiger partial charge in [-0.05, 0) is 13.3 Å². The minimum atomic E-state index is -0.114. The molecule has 0 saturated carbocycles. The van der Waals surface area contributed by atoms with Crippen LogP contribution in [0.3, 0.4) is 0 Å². The maximum absolute atomic E-state index is 6.03. The van der Waals surface area contributed by atoms with E-state index in [-0.39, 0.29) is 11.5 Å². The maximum atomic E-state index is 6.03. The summed E-state index contributed by atoms with van der Waals surface area (Å²) >= 11 is 6.03. The van der Waals surface area contributed by atoms with Crippen LogP contribution >= 0.6 is 11.6 Å². The Kier molecular flexibility index (Phi) is 5.35. The van der Waals surface area contributed by atoms with Crippen LogP contribution in [0.25, 0.3) is 0 Å². The zero-order chi connectivity index (χ0) is 13.8. The molecule has 5 heteroatoms.